The zero-order valence-electron chi connectivity index (χ0n) is 13.0. The van der Waals surface area contributed by atoms with Crippen molar-refractivity contribution in [2.45, 2.75) is 12.0 Å². The second-order valence-electron chi connectivity index (χ2n) is 5.52. The Hall–Kier alpha value is -2.74. The molecule has 0 aromatic heterocycles. The molecular formula is C20H16NO+. The number of nitrogens with zero attached hydrogens (tertiary/aromatic N) is 1. The first-order valence-corrected chi connectivity index (χ1v) is 7.45. The average molecular weight is 286 g/mol. The van der Waals surface area contributed by atoms with Crippen molar-refractivity contribution in [2.24, 2.45) is 4.99 Å². The Bertz CT molecular complexity index is 774. The van der Waals surface area contributed by atoms with Gasteiger partial charge < -0.3 is 0 Å². The van der Waals surface area contributed by atoms with Gasteiger partial charge in [-0.05, 0) is 28.3 Å². The summed E-state index contributed by atoms with van der Waals surface area (Å²) in [5.74, 6) is -0.0918. The van der Waals surface area contributed by atoms with Crippen LogP contribution in [0.2, 0.25) is 0 Å². The van der Waals surface area contributed by atoms with E-state index in [1.165, 1.54) is 0 Å². The second-order valence-corrected chi connectivity index (χ2v) is 5.52. The summed E-state index contributed by atoms with van der Waals surface area (Å²) in [6, 6.07) is 15.9. The Morgan fingerprint density at radius 1 is 0.864 bits per heavy atom. The van der Waals surface area contributed by atoms with E-state index in [-0.39, 0.29) is 13.1 Å². The van der Waals surface area contributed by atoms with Crippen molar-refractivity contribution in [3.63, 3.8) is 0 Å². The zero-order chi connectivity index (χ0) is 14.9. The molecule has 1 aliphatic carbocycles. The Balaban J connectivity index is 0.00000156. The van der Waals surface area contributed by atoms with Gasteiger partial charge in [-0.2, -0.15) is 0 Å². The topological polar surface area (TPSA) is 29.4 Å². The fraction of sp³-hybridized carbons (Fsp3) is 0.100. The van der Waals surface area contributed by atoms with Gasteiger partial charge in [0.05, 0.1) is 5.92 Å². The molecule has 2 nitrogen and oxygen atoms in total. The van der Waals surface area contributed by atoms with Gasteiger partial charge in [-0.25, -0.2) is 0 Å². The van der Waals surface area contributed by atoms with Gasteiger partial charge in [-0.1, -0.05) is 66.8 Å². The van der Waals surface area contributed by atoms with Crippen molar-refractivity contribution < 1.29 is 6.22 Å². The van der Waals surface area contributed by atoms with Gasteiger partial charge in [0.25, 0.3) is 0 Å². The van der Waals surface area contributed by atoms with Crippen molar-refractivity contribution >= 4 is 12.0 Å². The van der Waals surface area contributed by atoms with E-state index in [1.54, 1.807) is 6.21 Å². The normalized spacial score (nSPS) is 18.8. The van der Waals surface area contributed by atoms with Crippen LogP contribution >= 0.6 is 0 Å². The van der Waals surface area contributed by atoms with E-state index >= 15 is 0 Å². The third-order valence-corrected chi connectivity index (χ3v) is 4.26. The molecule has 0 bridgehead atoms. The van der Waals surface area contributed by atoms with Gasteiger partial charge in [0.2, 0.25) is 0 Å². The molecule has 1 aliphatic heterocycles. The molecule has 0 N–H and O–H groups in total. The lowest BCUT2D eigenvalue weighted by Gasteiger charge is -2.15. The highest BCUT2D eigenvalue weighted by molar-refractivity contribution is 6.01. The molecule has 1 atom stereocenters. The van der Waals surface area contributed by atoms with E-state index in [4.69, 9.17) is 0 Å². The van der Waals surface area contributed by atoms with E-state index in [0.717, 1.165) is 22.3 Å². The number of benzene rings is 2. The lowest BCUT2D eigenvalue weighted by Crippen LogP contribution is -2.23. The van der Waals surface area contributed by atoms with Gasteiger partial charge >= 0.3 is 1.43 Å². The fourth-order valence-corrected chi connectivity index (χ4v) is 3.28. The number of carbonyl (C=O) groups is 1. The molecular weight excluding hydrogens is 270 g/mol. The first-order chi connectivity index (χ1) is 10.9. The smallest absolute Gasteiger partial charge is 0.296 e. The first-order valence-electron chi connectivity index (χ1n) is 7.45. The van der Waals surface area contributed by atoms with Crippen LogP contribution in [0.4, 0.5) is 0 Å². The van der Waals surface area contributed by atoms with Crippen molar-refractivity contribution in [2.75, 3.05) is 0 Å². The number of rotatable bonds is 2. The highest BCUT2D eigenvalue weighted by Gasteiger charge is 2.35. The van der Waals surface area contributed by atoms with Crippen molar-refractivity contribution in [1.29, 1.82) is 0 Å². The van der Waals surface area contributed by atoms with Gasteiger partial charge in [-0.15, -0.1) is 0 Å². The zero-order valence-corrected chi connectivity index (χ0v) is 12.0. The lowest BCUT2D eigenvalue weighted by atomic mass is 9.89. The van der Waals surface area contributed by atoms with Crippen molar-refractivity contribution in [3.05, 3.63) is 84.0 Å². The summed E-state index contributed by atoms with van der Waals surface area (Å²) in [5.41, 5.74) is 4.51. The van der Waals surface area contributed by atoms with Crippen molar-refractivity contribution in [3.8, 4) is 11.1 Å². The van der Waals surface area contributed by atoms with Gasteiger partial charge in [-0.3, -0.25) is 9.79 Å². The van der Waals surface area contributed by atoms with Crippen molar-refractivity contribution in [1.82, 2.24) is 0 Å². The number of allylic oxidation sites excluding steroid dienone is 3. The van der Waals surface area contributed by atoms with Gasteiger partial charge in [0.1, 0.15) is 6.04 Å². The van der Waals surface area contributed by atoms with Crippen LogP contribution in [0.1, 0.15) is 18.5 Å². The molecule has 0 radical (unpaired) electrons. The highest BCUT2D eigenvalue weighted by atomic mass is 16.1. The summed E-state index contributed by atoms with van der Waals surface area (Å²) >= 11 is 0. The Labute approximate surface area is 131 Å². The minimum absolute atomic E-state index is 0. The van der Waals surface area contributed by atoms with Crippen LogP contribution in [0.3, 0.4) is 0 Å². The quantitative estimate of drug-likeness (QED) is 0.819. The van der Waals surface area contributed by atoms with Crippen LogP contribution in [-0.2, 0) is 4.79 Å². The summed E-state index contributed by atoms with van der Waals surface area (Å²) in [4.78, 5) is 17.5. The first kappa shape index (κ1) is 13.0. The molecule has 4 rings (SSSR count). The molecule has 2 aromatic carbocycles. The number of ketones is 1. The standard InChI is InChI=1S/C20H15NO/c22-20(18-12-2-1-7-13-21-18)19-16-10-5-3-8-14(16)15-9-4-6-11-17(15)19/h1-13,18-19H/p+1. The molecule has 1 heterocycles. The highest BCUT2D eigenvalue weighted by Crippen LogP contribution is 2.45. The Morgan fingerprint density at radius 2 is 1.50 bits per heavy atom. The molecule has 106 valence electrons. The third kappa shape index (κ3) is 1.96. The van der Waals surface area contributed by atoms with E-state index in [9.17, 15) is 4.79 Å². The SMILES string of the molecule is O=C(C1C=CC=CC=N1)C1c2ccccc2-c2ccccc21.[H+]. The van der Waals surface area contributed by atoms with Crippen LogP contribution < -0.4 is 0 Å². The van der Waals surface area contributed by atoms with Gasteiger partial charge in [0.15, 0.2) is 5.78 Å². The second kappa shape index (κ2) is 5.23. The maximum Gasteiger partial charge on any atom is 1.00 e. The number of fused-ring (bicyclic) bond motifs is 3. The molecule has 0 saturated heterocycles. The number of carbonyl (C=O) groups excluding carboxylic acids is 1. The monoisotopic (exact) mass is 286 g/mol. The largest absolute Gasteiger partial charge is 1.00 e. The minimum atomic E-state index is -0.417. The maximum absolute atomic E-state index is 13.1. The van der Waals surface area contributed by atoms with Crippen LogP contribution in [-0.4, -0.2) is 18.0 Å². The Kier molecular flexibility index (Phi) is 3.08. The van der Waals surface area contributed by atoms with Crippen LogP contribution in [0, 0.1) is 0 Å². The maximum atomic E-state index is 13.1. The number of hydrogen-bond acceptors (Lipinski definition) is 2. The molecule has 1 unspecified atom stereocenters. The molecule has 2 aromatic rings. The number of hydrogen-bond donors (Lipinski definition) is 0. The van der Waals surface area contributed by atoms with Crippen LogP contribution in [0.5, 0.6) is 0 Å². The van der Waals surface area contributed by atoms with Crippen LogP contribution in [0.15, 0.2) is 77.8 Å². The molecule has 22 heavy (non-hydrogen) atoms. The summed E-state index contributed by atoms with van der Waals surface area (Å²) < 4.78 is 0. The third-order valence-electron chi connectivity index (χ3n) is 4.26. The predicted octanol–water partition coefficient (Wildman–Crippen LogP) is 4.05. The fourth-order valence-electron chi connectivity index (χ4n) is 3.28. The molecule has 0 spiro atoms. The predicted molar refractivity (Wildman–Crippen MR) is 90.4 cm³/mol. The average Bonchev–Trinajstić information content (AvgIpc) is 2.72. The molecule has 0 amide bonds. The van der Waals surface area contributed by atoms with E-state index in [2.05, 4.69) is 29.3 Å². The summed E-state index contributed by atoms with van der Waals surface area (Å²) in [6.45, 7) is 0. The molecule has 0 fully saturated rings. The Morgan fingerprint density at radius 3 is 2.18 bits per heavy atom. The van der Waals surface area contributed by atoms with E-state index < -0.39 is 6.04 Å². The summed E-state index contributed by atoms with van der Waals surface area (Å²) in [5, 5.41) is 0. The van der Waals surface area contributed by atoms with Crippen LogP contribution in [0.25, 0.3) is 11.1 Å². The van der Waals surface area contributed by atoms with Gasteiger partial charge in [0, 0.05) is 6.21 Å². The molecule has 2 aliphatic rings. The van der Waals surface area contributed by atoms with E-state index in [0.29, 0.717) is 0 Å². The summed E-state index contributed by atoms with van der Waals surface area (Å²) in [7, 11) is 0. The number of aliphatic imine (C=N–C) groups is 1. The minimum Gasteiger partial charge on any atom is -0.296 e. The summed E-state index contributed by atoms with van der Waals surface area (Å²) in [6.07, 6.45) is 9.21. The number of Topliss-reactive ketones (excluding diaryl/α,β-unsaturated/α-hetero) is 1. The lowest BCUT2D eigenvalue weighted by molar-refractivity contribution is -0.119. The molecule has 0 saturated carbocycles. The molecule has 2 heteroatoms. The van der Waals surface area contributed by atoms with E-state index in [1.807, 2.05) is 48.6 Å².